The standard InChI is InChI=1S/C28H46N2O11/c1-17(31)38-19-11-24(3,4)29(25(5,6)12-19)40-22(35)16-28(37,15-21(33)34)23(36)41-30-26(7,8)13-20(39-18(2)32)14-27(30,9)10/h19-20,37H,11-16H2,1-10H3,(H,33,34). The SMILES string of the molecule is CC(=O)OC1CC(C)(C)N(OC(=O)CC(O)(CC(=O)O)C(=O)ON2C(C)(C)CC(OC(C)=O)CC2(C)C)C(C)(C)C1. The lowest BCUT2D eigenvalue weighted by molar-refractivity contribution is -0.291. The molecule has 234 valence electrons. The highest BCUT2D eigenvalue weighted by atomic mass is 16.7. The molecule has 2 saturated heterocycles. The average molecular weight is 587 g/mol. The number of ether oxygens (including phenoxy) is 2. The molecule has 2 fully saturated rings. The number of carbonyl (C=O) groups is 5. The Balaban J connectivity index is 2.25. The Kier molecular flexibility index (Phi) is 9.95. The fourth-order valence-electron chi connectivity index (χ4n) is 6.47. The maximum atomic E-state index is 13.4. The number of hydrogen-bond donors (Lipinski definition) is 2. The zero-order chi connectivity index (χ0) is 31.8. The van der Waals surface area contributed by atoms with Gasteiger partial charge < -0.3 is 29.4 Å². The van der Waals surface area contributed by atoms with Gasteiger partial charge in [0.05, 0.1) is 35.0 Å². The van der Waals surface area contributed by atoms with E-state index < -0.39 is 82.7 Å². The molecular weight excluding hydrogens is 540 g/mol. The number of rotatable bonds is 9. The molecule has 2 aliphatic heterocycles. The number of carbonyl (C=O) groups excluding carboxylic acids is 4. The number of piperidine rings is 2. The second-order valence-corrected chi connectivity index (χ2v) is 13.7. The topological polar surface area (TPSA) is 169 Å². The molecule has 0 saturated carbocycles. The average Bonchev–Trinajstić information content (AvgIpc) is 2.70. The van der Waals surface area contributed by atoms with Gasteiger partial charge in [-0.25, -0.2) is 4.79 Å². The lowest BCUT2D eigenvalue weighted by Gasteiger charge is -2.53. The van der Waals surface area contributed by atoms with Crippen molar-refractivity contribution in [2.75, 3.05) is 0 Å². The van der Waals surface area contributed by atoms with Crippen LogP contribution in [0.3, 0.4) is 0 Å². The number of aliphatic carboxylic acids is 1. The van der Waals surface area contributed by atoms with Crippen molar-refractivity contribution in [2.24, 2.45) is 0 Å². The largest absolute Gasteiger partial charge is 0.481 e. The first-order valence-electron chi connectivity index (χ1n) is 13.7. The Morgan fingerprint density at radius 1 is 0.683 bits per heavy atom. The summed E-state index contributed by atoms with van der Waals surface area (Å²) in [6, 6.07) is 0. The van der Waals surface area contributed by atoms with Crippen LogP contribution in [0.25, 0.3) is 0 Å². The molecule has 2 N–H and O–H groups in total. The van der Waals surface area contributed by atoms with E-state index in [1.807, 2.05) is 0 Å². The molecule has 0 amide bonds. The van der Waals surface area contributed by atoms with Crippen molar-refractivity contribution >= 4 is 29.8 Å². The predicted molar refractivity (Wildman–Crippen MR) is 144 cm³/mol. The quantitative estimate of drug-likeness (QED) is 0.379. The first kappa shape index (κ1) is 34.4. The highest BCUT2D eigenvalue weighted by Gasteiger charge is 2.54. The monoisotopic (exact) mass is 586 g/mol. The van der Waals surface area contributed by atoms with Crippen LogP contribution in [-0.2, 0) is 43.1 Å². The Hall–Kier alpha value is -2.77. The number of esters is 2. The van der Waals surface area contributed by atoms with Crippen molar-refractivity contribution in [3.8, 4) is 0 Å². The normalized spacial score (nSPS) is 24.0. The van der Waals surface area contributed by atoms with Crippen LogP contribution in [0.2, 0.25) is 0 Å². The molecule has 13 nitrogen and oxygen atoms in total. The number of nitrogens with zero attached hydrogens (tertiary/aromatic N) is 2. The third-order valence-corrected chi connectivity index (χ3v) is 7.40. The molecule has 0 spiro atoms. The lowest BCUT2D eigenvalue weighted by Crippen LogP contribution is -2.64. The van der Waals surface area contributed by atoms with Gasteiger partial charge in [-0.2, -0.15) is 0 Å². The van der Waals surface area contributed by atoms with Gasteiger partial charge in [-0.05, 0) is 55.4 Å². The first-order valence-corrected chi connectivity index (χ1v) is 13.7. The minimum absolute atomic E-state index is 0.302. The predicted octanol–water partition coefficient (Wildman–Crippen LogP) is 2.67. The van der Waals surface area contributed by atoms with E-state index in [0.29, 0.717) is 25.7 Å². The maximum absolute atomic E-state index is 13.4. The number of carboxylic acids is 1. The van der Waals surface area contributed by atoms with Crippen molar-refractivity contribution in [3.05, 3.63) is 0 Å². The minimum atomic E-state index is -2.74. The van der Waals surface area contributed by atoms with Crippen LogP contribution in [0.5, 0.6) is 0 Å². The third-order valence-electron chi connectivity index (χ3n) is 7.40. The van der Waals surface area contributed by atoms with Gasteiger partial charge in [0.15, 0.2) is 5.60 Å². The maximum Gasteiger partial charge on any atom is 0.358 e. The van der Waals surface area contributed by atoms with E-state index >= 15 is 0 Å². The Labute approximate surface area is 241 Å². The molecule has 2 heterocycles. The van der Waals surface area contributed by atoms with Crippen LogP contribution in [0, 0.1) is 0 Å². The second kappa shape index (κ2) is 11.8. The molecule has 0 aromatic rings. The van der Waals surface area contributed by atoms with Crippen LogP contribution in [0.1, 0.15) is 108 Å². The lowest BCUT2D eigenvalue weighted by atomic mass is 9.80. The van der Waals surface area contributed by atoms with Crippen LogP contribution in [-0.4, -0.2) is 90.2 Å². The molecule has 0 aliphatic carbocycles. The Bertz CT molecular complexity index is 1020. The van der Waals surface area contributed by atoms with Crippen molar-refractivity contribution in [3.63, 3.8) is 0 Å². The Morgan fingerprint density at radius 3 is 1.34 bits per heavy atom. The molecule has 2 rings (SSSR count). The fraction of sp³-hybridized carbons (Fsp3) is 0.821. The summed E-state index contributed by atoms with van der Waals surface area (Å²) in [6.07, 6.45) is -1.66. The molecule has 1 atom stereocenters. The second-order valence-electron chi connectivity index (χ2n) is 13.7. The van der Waals surface area contributed by atoms with E-state index in [1.54, 1.807) is 55.4 Å². The van der Waals surface area contributed by atoms with Crippen molar-refractivity contribution in [2.45, 2.75) is 148 Å². The summed E-state index contributed by atoms with van der Waals surface area (Å²) in [5.41, 5.74) is -6.09. The molecule has 0 aromatic carbocycles. The van der Waals surface area contributed by atoms with Gasteiger partial charge in [0.1, 0.15) is 12.2 Å². The number of hydroxylamine groups is 4. The summed E-state index contributed by atoms with van der Waals surface area (Å²) in [6.45, 7) is 16.8. The van der Waals surface area contributed by atoms with Crippen molar-refractivity contribution in [1.82, 2.24) is 10.1 Å². The summed E-state index contributed by atoms with van der Waals surface area (Å²) < 4.78 is 10.8. The van der Waals surface area contributed by atoms with Crippen molar-refractivity contribution in [1.29, 1.82) is 0 Å². The van der Waals surface area contributed by atoms with E-state index in [4.69, 9.17) is 19.1 Å². The summed E-state index contributed by atoms with van der Waals surface area (Å²) in [7, 11) is 0. The van der Waals surface area contributed by atoms with Gasteiger partial charge in [-0.3, -0.25) is 19.2 Å². The van der Waals surface area contributed by atoms with Gasteiger partial charge in [-0.15, -0.1) is 10.1 Å². The smallest absolute Gasteiger partial charge is 0.358 e. The van der Waals surface area contributed by atoms with Gasteiger partial charge in [-0.1, -0.05) is 0 Å². The molecule has 0 bridgehead atoms. The molecule has 1 unspecified atom stereocenters. The van der Waals surface area contributed by atoms with Gasteiger partial charge in [0.2, 0.25) is 0 Å². The van der Waals surface area contributed by atoms with E-state index in [2.05, 4.69) is 0 Å². The minimum Gasteiger partial charge on any atom is -0.481 e. The highest BCUT2D eigenvalue weighted by Crippen LogP contribution is 2.42. The van der Waals surface area contributed by atoms with E-state index in [9.17, 15) is 34.2 Å². The van der Waals surface area contributed by atoms with Crippen LogP contribution >= 0.6 is 0 Å². The zero-order valence-electron chi connectivity index (χ0n) is 25.9. The van der Waals surface area contributed by atoms with E-state index in [0.717, 1.165) is 0 Å². The van der Waals surface area contributed by atoms with E-state index in [1.165, 1.54) is 24.0 Å². The molecule has 0 radical (unpaired) electrons. The molecule has 41 heavy (non-hydrogen) atoms. The van der Waals surface area contributed by atoms with Crippen LogP contribution in [0.4, 0.5) is 0 Å². The number of aliphatic hydroxyl groups is 1. The summed E-state index contributed by atoms with van der Waals surface area (Å²) in [5.74, 6) is -4.75. The van der Waals surface area contributed by atoms with Gasteiger partial charge in [0, 0.05) is 39.5 Å². The summed E-state index contributed by atoms with van der Waals surface area (Å²) in [5, 5.41) is 23.5. The fourth-order valence-corrected chi connectivity index (χ4v) is 6.47. The molecular formula is C28H46N2O11. The van der Waals surface area contributed by atoms with Crippen LogP contribution in [0.15, 0.2) is 0 Å². The van der Waals surface area contributed by atoms with Crippen molar-refractivity contribution < 1.29 is 53.3 Å². The van der Waals surface area contributed by atoms with Crippen LogP contribution < -0.4 is 0 Å². The van der Waals surface area contributed by atoms with Gasteiger partial charge >= 0.3 is 29.8 Å². The first-order chi connectivity index (χ1) is 18.4. The molecule has 13 heteroatoms. The number of hydrogen-bond acceptors (Lipinski definition) is 12. The Morgan fingerprint density at radius 2 is 1.02 bits per heavy atom. The number of carboxylic acid groups (broad SMARTS) is 1. The zero-order valence-corrected chi connectivity index (χ0v) is 25.9. The summed E-state index contributed by atoms with van der Waals surface area (Å²) in [4.78, 5) is 72.6. The molecule has 2 aliphatic rings. The third kappa shape index (κ3) is 8.62. The highest BCUT2D eigenvalue weighted by molar-refractivity contribution is 5.89. The summed E-state index contributed by atoms with van der Waals surface area (Å²) >= 11 is 0. The van der Waals surface area contributed by atoms with Gasteiger partial charge in [0.25, 0.3) is 0 Å². The molecule has 0 aromatic heterocycles. The van der Waals surface area contributed by atoms with E-state index in [-0.39, 0.29) is 0 Å².